The third-order valence-electron chi connectivity index (χ3n) is 1.86. The lowest BCUT2D eigenvalue weighted by Gasteiger charge is -2.28. The second-order valence-electron chi connectivity index (χ2n) is 2.99. The number of hydrogen-bond donors (Lipinski definition) is 0. The van der Waals surface area contributed by atoms with E-state index in [4.69, 9.17) is 4.74 Å². The molecule has 1 saturated heterocycles. The molecule has 62 valence electrons. The Labute approximate surface area is 66.6 Å². The Bertz CT molecular complexity index is 187. The zero-order valence-corrected chi connectivity index (χ0v) is 6.96. The van der Waals surface area contributed by atoms with Crippen LogP contribution in [0.5, 0.6) is 0 Å². The van der Waals surface area contributed by atoms with Crippen LogP contribution in [0.2, 0.25) is 0 Å². The first kappa shape index (κ1) is 8.27. The molecule has 0 aromatic heterocycles. The fourth-order valence-electron chi connectivity index (χ4n) is 1.22. The lowest BCUT2D eigenvalue weighted by atomic mass is 10.2. The van der Waals surface area contributed by atoms with Gasteiger partial charge in [0.25, 0.3) is 0 Å². The monoisotopic (exact) mass is 155 g/mol. The molecule has 1 rings (SSSR count). The molecule has 1 aliphatic rings. The Morgan fingerprint density at radius 2 is 2.36 bits per heavy atom. The van der Waals surface area contributed by atoms with Gasteiger partial charge >= 0.3 is 0 Å². The van der Waals surface area contributed by atoms with Crippen molar-refractivity contribution in [1.82, 2.24) is 4.90 Å². The SMILES string of the molecule is C=CC(=O)N1CCOC1(C)C. The molecule has 0 aromatic carbocycles. The molecule has 0 radical (unpaired) electrons. The van der Waals surface area contributed by atoms with E-state index < -0.39 is 5.72 Å². The Kier molecular flexibility index (Phi) is 2.00. The minimum absolute atomic E-state index is 0.0625. The van der Waals surface area contributed by atoms with Gasteiger partial charge in [0.2, 0.25) is 5.91 Å². The van der Waals surface area contributed by atoms with E-state index in [9.17, 15) is 4.79 Å². The highest BCUT2D eigenvalue weighted by molar-refractivity contribution is 5.87. The Morgan fingerprint density at radius 3 is 2.73 bits per heavy atom. The standard InChI is InChI=1S/C8H13NO2/c1-4-7(10)9-5-6-11-8(9,2)3/h4H,1,5-6H2,2-3H3. The van der Waals surface area contributed by atoms with Gasteiger partial charge in [-0.15, -0.1) is 0 Å². The van der Waals surface area contributed by atoms with Crippen LogP contribution >= 0.6 is 0 Å². The van der Waals surface area contributed by atoms with Gasteiger partial charge in [-0.1, -0.05) is 6.58 Å². The number of hydrogen-bond acceptors (Lipinski definition) is 2. The lowest BCUT2D eigenvalue weighted by molar-refractivity contribution is -0.138. The first-order valence-electron chi connectivity index (χ1n) is 3.66. The summed E-state index contributed by atoms with van der Waals surface area (Å²) in [7, 11) is 0. The second kappa shape index (κ2) is 2.66. The molecule has 11 heavy (non-hydrogen) atoms. The topological polar surface area (TPSA) is 29.5 Å². The van der Waals surface area contributed by atoms with Crippen LogP contribution in [0.1, 0.15) is 13.8 Å². The number of nitrogens with zero attached hydrogens (tertiary/aromatic N) is 1. The third-order valence-corrected chi connectivity index (χ3v) is 1.86. The maximum Gasteiger partial charge on any atom is 0.248 e. The molecule has 0 spiro atoms. The summed E-state index contributed by atoms with van der Waals surface area (Å²) >= 11 is 0. The van der Waals surface area contributed by atoms with E-state index in [0.717, 1.165) is 0 Å². The van der Waals surface area contributed by atoms with E-state index in [1.807, 2.05) is 13.8 Å². The Balaban J connectivity index is 2.72. The summed E-state index contributed by atoms with van der Waals surface area (Å²) in [5.74, 6) is -0.0625. The highest BCUT2D eigenvalue weighted by atomic mass is 16.5. The molecule has 0 aromatic rings. The van der Waals surface area contributed by atoms with Crippen molar-refractivity contribution in [2.24, 2.45) is 0 Å². The molecule has 0 unspecified atom stereocenters. The maximum absolute atomic E-state index is 11.2. The van der Waals surface area contributed by atoms with E-state index in [0.29, 0.717) is 13.2 Å². The van der Waals surface area contributed by atoms with Crippen LogP contribution in [0.15, 0.2) is 12.7 Å². The zero-order chi connectivity index (χ0) is 8.48. The summed E-state index contributed by atoms with van der Waals surface area (Å²) in [6.45, 7) is 8.46. The van der Waals surface area contributed by atoms with Crippen LogP contribution in [0.25, 0.3) is 0 Å². The second-order valence-corrected chi connectivity index (χ2v) is 2.99. The molecule has 0 bridgehead atoms. The van der Waals surface area contributed by atoms with Gasteiger partial charge in [-0.05, 0) is 19.9 Å². The van der Waals surface area contributed by atoms with Crippen LogP contribution < -0.4 is 0 Å². The summed E-state index contributed by atoms with van der Waals surface area (Å²) in [6.07, 6.45) is 1.32. The number of carbonyl (C=O) groups excluding carboxylic acids is 1. The van der Waals surface area contributed by atoms with Gasteiger partial charge in [-0.25, -0.2) is 0 Å². The van der Waals surface area contributed by atoms with Crippen LogP contribution in [0.4, 0.5) is 0 Å². The number of ether oxygens (including phenoxy) is 1. The van der Waals surface area contributed by atoms with Crippen molar-refractivity contribution in [1.29, 1.82) is 0 Å². The molecular weight excluding hydrogens is 142 g/mol. The molecular formula is C8H13NO2. The summed E-state index contributed by atoms with van der Waals surface area (Å²) in [4.78, 5) is 12.8. The van der Waals surface area contributed by atoms with Crippen molar-refractivity contribution in [3.8, 4) is 0 Å². The normalized spacial score (nSPS) is 21.8. The van der Waals surface area contributed by atoms with E-state index >= 15 is 0 Å². The van der Waals surface area contributed by atoms with Crippen molar-refractivity contribution >= 4 is 5.91 Å². The summed E-state index contributed by atoms with van der Waals surface area (Å²) < 4.78 is 5.33. The van der Waals surface area contributed by atoms with Crippen molar-refractivity contribution in [3.05, 3.63) is 12.7 Å². The smallest absolute Gasteiger partial charge is 0.248 e. The molecule has 1 amide bonds. The minimum atomic E-state index is -0.453. The predicted octanol–water partition coefficient (Wildman–Crippen LogP) is 0.767. The summed E-state index contributed by atoms with van der Waals surface area (Å²) in [5, 5.41) is 0. The molecule has 1 aliphatic heterocycles. The van der Waals surface area contributed by atoms with Crippen molar-refractivity contribution in [2.45, 2.75) is 19.6 Å². The van der Waals surface area contributed by atoms with Crippen molar-refractivity contribution in [3.63, 3.8) is 0 Å². The largest absolute Gasteiger partial charge is 0.354 e. The molecule has 1 fully saturated rings. The molecule has 0 N–H and O–H groups in total. The fourth-order valence-corrected chi connectivity index (χ4v) is 1.22. The molecule has 0 saturated carbocycles. The van der Waals surface area contributed by atoms with Gasteiger partial charge in [-0.2, -0.15) is 0 Å². The van der Waals surface area contributed by atoms with Gasteiger partial charge in [0.15, 0.2) is 0 Å². The average Bonchev–Trinajstić information content (AvgIpc) is 2.28. The molecule has 3 heteroatoms. The zero-order valence-electron chi connectivity index (χ0n) is 6.96. The molecule has 3 nitrogen and oxygen atoms in total. The van der Waals surface area contributed by atoms with Gasteiger partial charge < -0.3 is 9.64 Å². The average molecular weight is 155 g/mol. The molecule has 1 heterocycles. The van der Waals surface area contributed by atoms with Crippen LogP contribution in [0, 0.1) is 0 Å². The quantitative estimate of drug-likeness (QED) is 0.523. The van der Waals surface area contributed by atoms with E-state index in [1.54, 1.807) is 4.90 Å². The van der Waals surface area contributed by atoms with E-state index in [1.165, 1.54) is 6.08 Å². The highest BCUT2D eigenvalue weighted by Gasteiger charge is 2.35. The first-order chi connectivity index (χ1) is 5.08. The van der Waals surface area contributed by atoms with Crippen LogP contribution in [-0.2, 0) is 9.53 Å². The third kappa shape index (κ3) is 1.43. The van der Waals surface area contributed by atoms with Crippen molar-refractivity contribution in [2.75, 3.05) is 13.2 Å². The summed E-state index contributed by atoms with van der Waals surface area (Å²) in [6, 6.07) is 0. The van der Waals surface area contributed by atoms with Gasteiger partial charge in [0.05, 0.1) is 6.61 Å². The fraction of sp³-hybridized carbons (Fsp3) is 0.625. The van der Waals surface area contributed by atoms with Gasteiger partial charge in [0, 0.05) is 6.54 Å². The summed E-state index contributed by atoms with van der Waals surface area (Å²) in [5.41, 5.74) is -0.453. The number of rotatable bonds is 1. The Morgan fingerprint density at radius 1 is 1.73 bits per heavy atom. The van der Waals surface area contributed by atoms with Crippen molar-refractivity contribution < 1.29 is 9.53 Å². The van der Waals surface area contributed by atoms with Gasteiger partial charge in [-0.3, -0.25) is 4.79 Å². The Hall–Kier alpha value is -0.830. The molecule has 0 aliphatic carbocycles. The van der Waals surface area contributed by atoms with Gasteiger partial charge in [0.1, 0.15) is 5.72 Å². The number of amides is 1. The van der Waals surface area contributed by atoms with Crippen LogP contribution in [-0.4, -0.2) is 29.7 Å². The van der Waals surface area contributed by atoms with E-state index in [-0.39, 0.29) is 5.91 Å². The maximum atomic E-state index is 11.2. The lowest BCUT2D eigenvalue weighted by Crippen LogP contribution is -2.42. The van der Waals surface area contributed by atoms with E-state index in [2.05, 4.69) is 6.58 Å². The van der Waals surface area contributed by atoms with Crippen LogP contribution in [0.3, 0.4) is 0 Å². The highest BCUT2D eigenvalue weighted by Crippen LogP contribution is 2.21. The first-order valence-corrected chi connectivity index (χ1v) is 3.66. The number of carbonyl (C=O) groups is 1. The minimum Gasteiger partial charge on any atom is -0.354 e. The molecule has 0 atom stereocenters. The predicted molar refractivity (Wildman–Crippen MR) is 41.9 cm³/mol.